The van der Waals surface area contributed by atoms with E-state index in [0.29, 0.717) is 11.8 Å². The Labute approximate surface area is 372 Å². The molecule has 0 heteroatoms. The normalized spacial score (nSPS) is 14.9. The van der Waals surface area contributed by atoms with Crippen LogP contribution in [0.3, 0.4) is 0 Å². The fraction of sp³-hybridized carbons (Fsp3) is 0.0625. The van der Waals surface area contributed by atoms with Gasteiger partial charge in [0.1, 0.15) is 0 Å². The molecule has 64 heavy (non-hydrogen) atoms. The molecule has 0 aromatic heterocycles. The highest BCUT2D eigenvalue weighted by molar-refractivity contribution is 6.44. The van der Waals surface area contributed by atoms with Crippen molar-refractivity contribution in [3.63, 3.8) is 0 Å². The molecule has 1 aliphatic rings. The molecule has 0 nitrogen and oxygen atoms in total. The second-order valence-corrected chi connectivity index (χ2v) is 18.0. The average Bonchev–Trinajstić information content (AvgIpc) is 3.83. The summed E-state index contributed by atoms with van der Waals surface area (Å²) in [7, 11) is 0. The van der Waals surface area contributed by atoms with Gasteiger partial charge in [0.25, 0.3) is 0 Å². The van der Waals surface area contributed by atoms with Gasteiger partial charge in [-0.05, 0) is 203 Å². The molecule has 0 amide bonds. The topological polar surface area (TPSA) is 0 Å². The molecule has 1 aliphatic carbocycles. The summed E-state index contributed by atoms with van der Waals surface area (Å²) in [5, 5.41) is 23.6. The summed E-state index contributed by atoms with van der Waals surface area (Å²) in [5.74, 6) is 0.719. The van der Waals surface area contributed by atoms with Gasteiger partial charge in [0.15, 0.2) is 0 Å². The Morgan fingerprint density at radius 2 is 1.19 bits per heavy atom. The molecular weight excluding hydrogens is 769 g/mol. The van der Waals surface area contributed by atoms with E-state index in [4.69, 9.17) is 0 Å². The van der Waals surface area contributed by atoms with Crippen LogP contribution < -0.4 is 0 Å². The number of allylic oxidation sites excluding steroid dienone is 7. The maximum atomic E-state index is 4.25. The predicted octanol–water partition coefficient (Wildman–Crippen LogP) is 18.0. The standard InChI is InChI=1S/C64H44/c1-5-16-37(7-3)42-27-28-47-45(30-42)33-56-61-48(47)22-15-23-50(61)63-58(39-18-11-9-12-19-39)55-36-52-51(35-54(55)59(64(56)63)40-20-13-10-14-21-40)49-29-26-41-24-25-43-31-44(38(8-4)17-6-2)32-46-34-53(52)62(49)60(41)57(43)46/h5-15,17-29,31-37,42H,1-4,16,30H2. The van der Waals surface area contributed by atoms with Gasteiger partial charge < -0.3 is 0 Å². The van der Waals surface area contributed by atoms with E-state index in [1.165, 1.54) is 130 Å². The van der Waals surface area contributed by atoms with Gasteiger partial charge >= 0.3 is 0 Å². The van der Waals surface area contributed by atoms with Crippen LogP contribution in [0.25, 0.3) is 131 Å². The van der Waals surface area contributed by atoms with E-state index in [0.717, 1.165) is 24.0 Å². The summed E-state index contributed by atoms with van der Waals surface area (Å²) in [5.41, 5.74) is 10.1. The van der Waals surface area contributed by atoms with Crippen molar-refractivity contribution >= 4 is 109 Å². The van der Waals surface area contributed by atoms with Crippen molar-refractivity contribution in [2.75, 3.05) is 0 Å². The van der Waals surface area contributed by atoms with Crippen LogP contribution in [0.5, 0.6) is 0 Å². The van der Waals surface area contributed by atoms with Crippen LogP contribution in [-0.2, 0) is 6.42 Å². The van der Waals surface area contributed by atoms with Crippen LogP contribution in [0.2, 0.25) is 0 Å². The van der Waals surface area contributed by atoms with E-state index in [1.807, 2.05) is 18.2 Å². The highest BCUT2D eigenvalue weighted by Gasteiger charge is 2.29. The summed E-state index contributed by atoms with van der Waals surface area (Å²) >= 11 is 0. The van der Waals surface area contributed by atoms with Crippen LogP contribution in [-0.4, -0.2) is 0 Å². The molecular formula is C64H44. The zero-order valence-corrected chi connectivity index (χ0v) is 35.7. The average molecular weight is 813 g/mol. The van der Waals surface area contributed by atoms with Crippen molar-refractivity contribution < 1.29 is 0 Å². The highest BCUT2D eigenvalue weighted by Crippen LogP contribution is 2.55. The van der Waals surface area contributed by atoms with Crippen molar-refractivity contribution in [3.8, 4) is 22.3 Å². The lowest BCUT2D eigenvalue weighted by Gasteiger charge is -2.26. The summed E-state index contributed by atoms with van der Waals surface area (Å²) in [6, 6.07) is 53.4. The molecule has 0 radical (unpaired) electrons. The first kappa shape index (κ1) is 36.8. The lowest BCUT2D eigenvalue weighted by atomic mass is 9.78. The number of hydrogen-bond donors (Lipinski definition) is 0. The fourth-order valence-electron chi connectivity index (χ4n) is 12.1. The Morgan fingerprint density at radius 1 is 0.516 bits per heavy atom. The maximum absolute atomic E-state index is 4.25. The van der Waals surface area contributed by atoms with Crippen molar-refractivity contribution in [2.45, 2.75) is 12.8 Å². The van der Waals surface area contributed by atoms with E-state index < -0.39 is 0 Å². The molecule has 0 saturated carbocycles. The van der Waals surface area contributed by atoms with Crippen molar-refractivity contribution in [1.29, 1.82) is 0 Å². The number of fused-ring (bicyclic) bond motifs is 9. The molecule has 0 fully saturated rings. The van der Waals surface area contributed by atoms with Crippen LogP contribution >= 0.6 is 0 Å². The van der Waals surface area contributed by atoms with E-state index >= 15 is 0 Å². The number of rotatable bonds is 9. The van der Waals surface area contributed by atoms with E-state index in [-0.39, 0.29) is 0 Å². The van der Waals surface area contributed by atoms with Crippen LogP contribution in [0, 0.1) is 11.8 Å². The second-order valence-electron chi connectivity index (χ2n) is 18.0. The Bertz CT molecular complexity index is 4000. The molecule has 13 rings (SSSR count). The van der Waals surface area contributed by atoms with Gasteiger partial charge in [0, 0.05) is 0 Å². The van der Waals surface area contributed by atoms with E-state index in [9.17, 15) is 0 Å². The third-order valence-corrected chi connectivity index (χ3v) is 14.8. The summed E-state index contributed by atoms with van der Waals surface area (Å²) in [4.78, 5) is 0. The minimum absolute atomic E-state index is 0.347. The van der Waals surface area contributed by atoms with Gasteiger partial charge in [0.2, 0.25) is 0 Å². The van der Waals surface area contributed by atoms with Crippen LogP contribution in [0.15, 0.2) is 202 Å². The minimum Gasteiger partial charge on any atom is -0.103 e. The molecule has 12 aromatic carbocycles. The lowest BCUT2D eigenvalue weighted by molar-refractivity contribution is 0.476. The quantitative estimate of drug-likeness (QED) is 0.0774. The molecule has 0 aliphatic heterocycles. The van der Waals surface area contributed by atoms with Crippen molar-refractivity contribution in [2.24, 2.45) is 11.8 Å². The van der Waals surface area contributed by atoms with Gasteiger partial charge in [-0.1, -0.05) is 159 Å². The Kier molecular flexibility index (Phi) is 7.97. The molecule has 0 bridgehead atoms. The van der Waals surface area contributed by atoms with Gasteiger partial charge in [-0.25, -0.2) is 0 Å². The molecule has 0 saturated heterocycles. The van der Waals surface area contributed by atoms with Gasteiger partial charge in [-0.2, -0.15) is 0 Å². The summed E-state index contributed by atoms with van der Waals surface area (Å²) in [6.45, 7) is 16.5. The predicted molar refractivity (Wildman–Crippen MR) is 282 cm³/mol. The van der Waals surface area contributed by atoms with Gasteiger partial charge in [0.05, 0.1) is 0 Å². The zero-order valence-electron chi connectivity index (χ0n) is 35.7. The number of benzene rings is 10. The third kappa shape index (κ3) is 5.00. The van der Waals surface area contributed by atoms with Gasteiger partial charge in [-0.3, -0.25) is 0 Å². The molecule has 2 atom stereocenters. The summed E-state index contributed by atoms with van der Waals surface area (Å²) < 4.78 is 0. The zero-order chi connectivity index (χ0) is 42.8. The Balaban J connectivity index is 1.22. The molecule has 0 N–H and O–H groups in total. The monoisotopic (exact) mass is 812 g/mol. The molecule has 0 spiro atoms. The van der Waals surface area contributed by atoms with Crippen LogP contribution in [0.4, 0.5) is 0 Å². The Morgan fingerprint density at radius 3 is 1.89 bits per heavy atom. The van der Waals surface area contributed by atoms with E-state index in [2.05, 4.69) is 190 Å². The summed E-state index contributed by atoms with van der Waals surface area (Å²) in [6.07, 6.45) is 16.7. The second kappa shape index (κ2) is 13.9. The smallest absolute Gasteiger partial charge is 0.000730 e. The Hall–Kier alpha value is -7.80. The van der Waals surface area contributed by atoms with Gasteiger partial charge in [-0.15, -0.1) is 13.2 Å². The molecule has 2 unspecified atom stereocenters. The SMILES string of the molecule is C=CC=C(C=C)c1cc2ccc3ccc4c5cc6c(-c7ccccc7)c7c8cc9c(c%10cccc(c7c(-c7ccccc7)c6cc5c5cc(c1)c2c3c45)c%108)C=CC(C(C=C)CC=C)C9. The largest absolute Gasteiger partial charge is 0.103 e. The molecule has 12 aromatic rings. The maximum Gasteiger partial charge on any atom is -0.000730 e. The molecule has 300 valence electrons. The van der Waals surface area contributed by atoms with Crippen LogP contribution in [0.1, 0.15) is 23.1 Å². The van der Waals surface area contributed by atoms with E-state index in [1.54, 1.807) is 0 Å². The fourth-order valence-corrected chi connectivity index (χ4v) is 12.1. The number of hydrogen-bond acceptors (Lipinski definition) is 0. The lowest BCUT2D eigenvalue weighted by Crippen LogP contribution is -2.16. The molecule has 0 heterocycles. The van der Waals surface area contributed by atoms with Crippen molar-refractivity contribution in [3.05, 3.63) is 219 Å². The first-order valence-corrected chi connectivity index (χ1v) is 22.6. The van der Waals surface area contributed by atoms with Crippen molar-refractivity contribution in [1.82, 2.24) is 0 Å². The minimum atomic E-state index is 0.347. The third-order valence-electron chi connectivity index (χ3n) is 14.8. The first-order chi connectivity index (χ1) is 31.6. The highest BCUT2D eigenvalue weighted by atomic mass is 14.3. The first-order valence-electron chi connectivity index (χ1n) is 22.6.